The predicted molar refractivity (Wildman–Crippen MR) is 62.1 cm³/mol. The Bertz CT molecular complexity index is 476. The molecule has 0 saturated heterocycles. The van der Waals surface area contributed by atoms with Crippen molar-refractivity contribution in [2.24, 2.45) is 0 Å². The van der Waals surface area contributed by atoms with Crippen molar-refractivity contribution >= 4 is 23.5 Å². The lowest BCUT2D eigenvalue weighted by molar-refractivity contribution is 0.426. The van der Waals surface area contributed by atoms with Crippen LogP contribution in [0.3, 0.4) is 0 Å². The zero-order valence-electron chi connectivity index (χ0n) is 8.88. The summed E-state index contributed by atoms with van der Waals surface area (Å²) in [5.41, 5.74) is 1.65. The number of nitrogens with zero attached hydrogens (tertiary/aromatic N) is 1. The van der Waals surface area contributed by atoms with E-state index in [9.17, 15) is 0 Å². The van der Waals surface area contributed by atoms with Gasteiger partial charge in [0.25, 0.3) is 0 Å². The van der Waals surface area contributed by atoms with Crippen LogP contribution in [-0.2, 0) is 0 Å². The molecule has 2 aromatic rings. The Balaban J connectivity index is 2.57. The summed E-state index contributed by atoms with van der Waals surface area (Å²) >= 11 is 0. The van der Waals surface area contributed by atoms with Crippen LogP contribution in [0.15, 0.2) is 30.5 Å². The van der Waals surface area contributed by atoms with Crippen molar-refractivity contribution < 1.29 is 10.0 Å². The molecule has 78 valence electrons. The molecule has 0 spiro atoms. The van der Waals surface area contributed by atoms with Gasteiger partial charge in [-0.25, -0.2) is 0 Å². The summed E-state index contributed by atoms with van der Waals surface area (Å²) in [6, 6.07) is 7.86. The molecule has 0 aliphatic heterocycles. The molecule has 0 aliphatic carbocycles. The maximum absolute atomic E-state index is 9.05. The van der Waals surface area contributed by atoms with Gasteiger partial charge in [-0.1, -0.05) is 12.1 Å². The first kappa shape index (κ1) is 10.3. The quantitative estimate of drug-likeness (QED) is 0.712. The fourth-order valence-electron chi connectivity index (χ4n) is 1.79. The molecule has 0 fully saturated rings. The van der Waals surface area contributed by atoms with Gasteiger partial charge >= 0.3 is 7.12 Å². The van der Waals surface area contributed by atoms with E-state index in [1.54, 1.807) is 12.1 Å². The minimum atomic E-state index is -1.39. The first-order valence-electron chi connectivity index (χ1n) is 5.06. The van der Waals surface area contributed by atoms with Gasteiger partial charge in [0.2, 0.25) is 0 Å². The van der Waals surface area contributed by atoms with Gasteiger partial charge in [-0.3, -0.25) is 0 Å². The molecule has 0 amide bonds. The fourth-order valence-corrected chi connectivity index (χ4v) is 1.79. The zero-order chi connectivity index (χ0) is 11.0. The van der Waals surface area contributed by atoms with E-state index >= 15 is 0 Å². The average Bonchev–Trinajstić information content (AvgIpc) is 2.59. The van der Waals surface area contributed by atoms with Crippen LogP contribution < -0.4 is 5.46 Å². The highest BCUT2D eigenvalue weighted by molar-refractivity contribution is 6.58. The number of rotatable bonds is 2. The molecule has 4 heteroatoms. The standard InChI is InChI=1S/C11H14BNO2/c1-8(2)13-6-5-9-7-10(12(14)15)3-4-11(9)13/h3-8,14-15H,1-2H3. The SMILES string of the molecule is CC(C)n1ccc2cc(B(O)O)ccc21. The molecule has 2 N–H and O–H groups in total. The molecule has 2 rings (SSSR count). The molecule has 15 heavy (non-hydrogen) atoms. The average molecular weight is 203 g/mol. The van der Waals surface area contributed by atoms with E-state index in [-0.39, 0.29) is 0 Å². The first-order valence-corrected chi connectivity index (χ1v) is 5.06. The van der Waals surface area contributed by atoms with Crippen LogP contribution >= 0.6 is 0 Å². The summed E-state index contributed by atoms with van der Waals surface area (Å²) < 4.78 is 2.16. The van der Waals surface area contributed by atoms with Crippen LogP contribution in [0, 0.1) is 0 Å². The maximum Gasteiger partial charge on any atom is 0.488 e. The maximum atomic E-state index is 9.05. The zero-order valence-corrected chi connectivity index (χ0v) is 8.88. The van der Waals surface area contributed by atoms with Gasteiger partial charge in [0.1, 0.15) is 0 Å². The Hall–Kier alpha value is -1.26. The molecular weight excluding hydrogens is 189 g/mol. The number of fused-ring (bicyclic) bond motifs is 1. The first-order chi connectivity index (χ1) is 7.09. The lowest BCUT2D eigenvalue weighted by atomic mass is 9.80. The highest BCUT2D eigenvalue weighted by Gasteiger charge is 2.12. The van der Waals surface area contributed by atoms with Crippen LogP contribution in [0.2, 0.25) is 0 Å². The summed E-state index contributed by atoms with van der Waals surface area (Å²) in [5, 5.41) is 19.1. The van der Waals surface area contributed by atoms with Crippen molar-refractivity contribution in [3.05, 3.63) is 30.5 Å². The van der Waals surface area contributed by atoms with Crippen LogP contribution in [0.4, 0.5) is 0 Å². The Morgan fingerprint density at radius 3 is 2.53 bits per heavy atom. The van der Waals surface area contributed by atoms with Crippen LogP contribution in [0.25, 0.3) is 10.9 Å². The Labute approximate surface area is 89.1 Å². The van der Waals surface area contributed by atoms with Crippen LogP contribution in [0.5, 0.6) is 0 Å². The minimum absolute atomic E-state index is 0.410. The monoisotopic (exact) mass is 203 g/mol. The fraction of sp³-hybridized carbons (Fsp3) is 0.273. The molecule has 1 heterocycles. The Kier molecular flexibility index (Phi) is 2.55. The summed E-state index contributed by atoms with van der Waals surface area (Å²) in [6.07, 6.45) is 2.02. The van der Waals surface area contributed by atoms with Crippen LogP contribution in [-0.4, -0.2) is 21.7 Å². The molecule has 0 bridgehead atoms. The molecule has 0 unspecified atom stereocenters. The van der Waals surface area contributed by atoms with E-state index in [1.807, 2.05) is 18.3 Å². The largest absolute Gasteiger partial charge is 0.488 e. The second-order valence-electron chi connectivity index (χ2n) is 4.01. The van der Waals surface area contributed by atoms with Crippen molar-refractivity contribution in [1.82, 2.24) is 4.57 Å². The smallest absolute Gasteiger partial charge is 0.423 e. The Morgan fingerprint density at radius 2 is 1.93 bits per heavy atom. The predicted octanol–water partition coefficient (Wildman–Crippen LogP) is 0.902. The number of hydrogen-bond donors (Lipinski definition) is 2. The molecule has 0 atom stereocenters. The molecule has 1 aromatic carbocycles. The number of hydrogen-bond acceptors (Lipinski definition) is 2. The van der Waals surface area contributed by atoms with Gasteiger partial charge < -0.3 is 14.6 Å². The lowest BCUT2D eigenvalue weighted by Gasteiger charge is -2.09. The van der Waals surface area contributed by atoms with Crippen LogP contribution in [0.1, 0.15) is 19.9 Å². The normalized spacial score (nSPS) is 11.3. The van der Waals surface area contributed by atoms with Gasteiger partial charge in [0.05, 0.1) is 0 Å². The lowest BCUT2D eigenvalue weighted by Crippen LogP contribution is -2.29. The van der Waals surface area contributed by atoms with E-state index < -0.39 is 7.12 Å². The van der Waals surface area contributed by atoms with Gasteiger partial charge in [0.15, 0.2) is 0 Å². The molecular formula is C11H14BNO2. The number of aromatic nitrogens is 1. The van der Waals surface area contributed by atoms with Gasteiger partial charge in [-0.15, -0.1) is 0 Å². The summed E-state index contributed by atoms with van der Waals surface area (Å²) in [6.45, 7) is 4.24. The highest BCUT2D eigenvalue weighted by Crippen LogP contribution is 2.18. The van der Waals surface area contributed by atoms with Gasteiger partial charge in [0, 0.05) is 17.8 Å². The molecule has 0 radical (unpaired) electrons. The molecule has 1 aromatic heterocycles. The third kappa shape index (κ3) is 1.78. The van der Waals surface area contributed by atoms with Gasteiger partial charge in [-0.05, 0) is 36.8 Å². The van der Waals surface area contributed by atoms with Crippen molar-refractivity contribution in [2.45, 2.75) is 19.9 Å². The minimum Gasteiger partial charge on any atom is -0.423 e. The summed E-state index contributed by atoms with van der Waals surface area (Å²) in [4.78, 5) is 0. The van der Waals surface area contributed by atoms with Crippen molar-refractivity contribution in [3.63, 3.8) is 0 Å². The van der Waals surface area contributed by atoms with E-state index in [2.05, 4.69) is 18.4 Å². The third-order valence-electron chi connectivity index (χ3n) is 2.60. The van der Waals surface area contributed by atoms with Crippen molar-refractivity contribution in [2.75, 3.05) is 0 Å². The molecule has 0 aliphatic rings. The van der Waals surface area contributed by atoms with Crippen molar-refractivity contribution in [3.8, 4) is 0 Å². The summed E-state index contributed by atoms with van der Waals surface area (Å²) in [7, 11) is -1.39. The Morgan fingerprint density at radius 1 is 1.20 bits per heavy atom. The number of benzene rings is 1. The van der Waals surface area contributed by atoms with E-state index in [4.69, 9.17) is 10.0 Å². The molecule has 0 saturated carbocycles. The van der Waals surface area contributed by atoms with E-state index in [0.717, 1.165) is 10.9 Å². The summed E-state index contributed by atoms with van der Waals surface area (Å²) in [5.74, 6) is 0. The topological polar surface area (TPSA) is 45.4 Å². The second kappa shape index (κ2) is 3.72. The highest BCUT2D eigenvalue weighted by atomic mass is 16.4. The molecule has 3 nitrogen and oxygen atoms in total. The van der Waals surface area contributed by atoms with E-state index in [0.29, 0.717) is 11.5 Å². The third-order valence-corrected chi connectivity index (χ3v) is 2.60. The second-order valence-corrected chi connectivity index (χ2v) is 4.01. The van der Waals surface area contributed by atoms with E-state index in [1.165, 1.54) is 0 Å². The van der Waals surface area contributed by atoms with Crippen molar-refractivity contribution in [1.29, 1.82) is 0 Å². The van der Waals surface area contributed by atoms with Gasteiger partial charge in [-0.2, -0.15) is 0 Å².